The molecule has 0 saturated carbocycles. The molecule has 0 aliphatic carbocycles. The number of nitriles is 1. The zero-order valence-corrected chi connectivity index (χ0v) is 11.7. The summed E-state index contributed by atoms with van der Waals surface area (Å²) in [5.74, 6) is 0.675. The second-order valence-electron chi connectivity index (χ2n) is 4.64. The maximum atomic E-state index is 10.1. The van der Waals surface area contributed by atoms with Crippen LogP contribution in [0.15, 0.2) is 30.3 Å². The summed E-state index contributed by atoms with van der Waals surface area (Å²) in [6.45, 7) is 2.29. The Bertz CT molecular complexity index is 387. The number of aliphatic hydroxyl groups is 1. The van der Waals surface area contributed by atoms with E-state index in [1.165, 1.54) is 0 Å². The Labute approximate surface area is 113 Å². The van der Waals surface area contributed by atoms with Crippen LogP contribution in [0.25, 0.3) is 0 Å². The molecule has 0 aromatic heterocycles. The predicted octanol–water partition coefficient (Wildman–Crippen LogP) is 2.34. The Hall–Kier alpha value is -1.02. The topological polar surface area (TPSA) is 56.0 Å². The van der Waals surface area contributed by atoms with Crippen LogP contribution in [0, 0.1) is 11.3 Å². The molecule has 1 aromatic carbocycles. The van der Waals surface area contributed by atoms with Gasteiger partial charge >= 0.3 is 0 Å². The Morgan fingerprint density at radius 2 is 2.11 bits per heavy atom. The van der Waals surface area contributed by atoms with Crippen molar-refractivity contribution in [2.45, 2.75) is 25.0 Å². The van der Waals surface area contributed by atoms with Gasteiger partial charge in [-0.15, -0.1) is 0 Å². The highest BCUT2D eigenvalue weighted by Crippen LogP contribution is 2.17. The van der Waals surface area contributed by atoms with Crippen LogP contribution in [0.1, 0.15) is 24.9 Å². The second-order valence-corrected chi connectivity index (χ2v) is 5.50. The van der Waals surface area contributed by atoms with Crippen molar-refractivity contribution in [1.82, 2.24) is 5.32 Å². The first-order chi connectivity index (χ1) is 8.59. The minimum atomic E-state index is -0.748. The molecule has 1 aromatic rings. The number of nitrogens with one attached hydrogen (secondary N) is 1. The van der Waals surface area contributed by atoms with E-state index in [1.54, 1.807) is 11.8 Å². The minimum Gasteiger partial charge on any atom is -0.388 e. The number of thioether (sulfide) groups is 1. The van der Waals surface area contributed by atoms with Gasteiger partial charge in [0.2, 0.25) is 0 Å². The molecule has 0 fully saturated rings. The lowest BCUT2D eigenvalue weighted by atomic mass is 10.0. The second kappa shape index (κ2) is 7.42. The van der Waals surface area contributed by atoms with Crippen molar-refractivity contribution in [1.29, 1.82) is 5.26 Å². The van der Waals surface area contributed by atoms with Gasteiger partial charge in [-0.1, -0.05) is 30.3 Å². The first-order valence-corrected chi connectivity index (χ1v) is 7.35. The van der Waals surface area contributed by atoms with Gasteiger partial charge in [0.05, 0.1) is 18.1 Å². The summed E-state index contributed by atoms with van der Waals surface area (Å²) in [6, 6.07) is 12.0. The summed E-state index contributed by atoms with van der Waals surface area (Å²) >= 11 is 1.61. The smallest absolute Gasteiger partial charge is 0.0833 e. The molecule has 1 rings (SSSR count). The average Bonchev–Trinajstić information content (AvgIpc) is 2.35. The molecule has 98 valence electrons. The Morgan fingerprint density at radius 3 is 2.67 bits per heavy atom. The zero-order valence-electron chi connectivity index (χ0n) is 10.9. The van der Waals surface area contributed by atoms with Crippen molar-refractivity contribution in [2.24, 2.45) is 0 Å². The van der Waals surface area contributed by atoms with E-state index in [2.05, 4.69) is 11.4 Å². The maximum absolute atomic E-state index is 10.1. The fourth-order valence-electron chi connectivity index (χ4n) is 1.79. The van der Waals surface area contributed by atoms with Gasteiger partial charge in [-0.3, -0.25) is 0 Å². The first kappa shape index (κ1) is 15.0. The van der Waals surface area contributed by atoms with Gasteiger partial charge in [0.1, 0.15) is 0 Å². The molecule has 0 spiro atoms. The molecular formula is C14H20N2OS. The molecule has 2 atom stereocenters. The molecule has 0 aliphatic rings. The predicted molar refractivity (Wildman–Crippen MR) is 76.4 cm³/mol. The number of hydrogen-bond acceptors (Lipinski definition) is 4. The van der Waals surface area contributed by atoms with Crippen LogP contribution in [0.4, 0.5) is 0 Å². The van der Waals surface area contributed by atoms with Gasteiger partial charge < -0.3 is 10.4 Å². The van der Waals surface area contributed by atoms with E-state index >= 15 is 0 Å². The van der Waals surface area contributed by atoms with Gasteiger partial charge in [-0.2, -0.15) is 17.0 Å². The summed E-state index contributed by atoms with van der Waals surface area (Å²) in [4.78, 5) is 0. The van der Waals surface area contributed by atoms with Crippen LogP contribution in [0.2, 0.25) is 0 Å². The van der Waals surface area contributed by atoms with Crippen molar-refractivity contribution in [3.63, 3.8) is 0 Å². The largest absolute Gasteiger partial charge is 0.388 e. The number of nitrogens with zero attached hydrogens (tertiary/aromatic N) is 1. The van der Waals surface area contributed by atoms with E-state index in [-0.39, 0.29) is 6.04 Å². The molecule has 3 nitrogen and oxygen atoms in total. The Morgan fingerprint density at radius 1 is 1.44 bits per heavy atom. The molecule has 4 heteroatoms. The first-order valence-electron chi connectivity index (χ1n) is 5.95. The summed E-state index contributed by atoms with van der Waals surface area (Å²) in [5, 5.41) is 22.3. The maximum Gasteiger partial charge on any atom is 0.0833 e. The van der Waals surface area contributed by atoms with Gasteiger partial charge in [0, 0.05) is 18.3 Å². The van der Waals surface area contributed by atoms with Crippen LogP contribution < -0.4 is 5.32 Å². The molecule has 0 radical (unpaired) electrons. The third-order valence-corrected chi connectivity index (χ3v) is 3.59. The van der Waals surface area contributed by atoms with Crippen LogP contribution in [-0.4, -0.2) is 29.3 Å². The molecule has 0 heterocycles. The van der Waals surface area contributed by atoms with Crippen LogP contribution in [0.3, 0.4) is 0 Å². The highest BCUT2D eigenvalue weighted by atomic mass is 32.2. The molecule has 0 aliphatic heterocycles. The van der Waals surface area contributed by atoms with E-state index in [0.29, 0.717) is 18.7 Å². The van der Waals surface area contributed by atoms with Crippen molar-refractivity contribution < 1.29 is 5.11 Å². The third kappa shape index (κ3) is 5.09. The Kier molecular flexibility index (Phi) is 6.20. The normalized spacial score (nSPS) is 15.7. The van der Waals surface area contributed by atoms with Gasteiger partial charge in [-0.05, 0) is 18.7 Å². The van der Waals surface area contributed by atoms with Gasteiger partial charge in [0.25, 0.3) is 0 Å². The number of rotatable bonds is 7. The quantitative estimate of drug-likeness (QED) is 0.793. The van der Waals surface area contributed by atoms with Crippen LogP contribution >= 0.6 is 11.8 Å². The van der Waals surface area contributed by atoms with Gasteiger partial charge in [0.15, 0.2) is 0 Å². The van der Waals surface area contributed by atoms with E-state index in [1.807, 2.05) is 43.5 Å². The third-order valence-electron chi connectivity index (χ3n) is 2.68. The molecule has 0 amide bonds. The highest BCUT2D eigenvalue weighted by Gasteiger charge is 2.21. The number of hydrogen-bond donors (Lipinski definition) is 2. The van der Waals surface area contributed by atoms with Crippen molar-refractivity contribution in [3.05, 3.63) is 35.9 Å². The SMILES string of the molecule is CSCC(C)(O)CNC(CC#N)c1ccccc1. The lowest BCUT2D eigenvalue weighted by molar-refractivity contribution is 0.0815. The van der Waals surface area contributed by atoms with E-state index in [4.69, 9.17) is 5.26 Å². The summed E-state index contributed by atoms with van der Waals surface area (Å²) in [7, 11) is 0. The van der Waals surface area contributed by atoms with Crippen molar-refractivity contribution in [3.8, 4) is 6.07 Å². The summed E-state index contributed by atoms with van der Waals surface area (Å²) in [5.41, 5.74) is 0.334. The van der Waals surface area contributed by atoms with E-state index in [0.717, 1.165) is 5.56 Å². The monoisotopic (exact) mass is 264 g/mol. The van der Waals surface area contributed by atoms with Gasteiger partial charge in [-0.25, -0.2) is 0 Å². The molecule has 2 unspecified atom stereocenters. The Balaban J connectivity index is 2.62. The van der Waals surface area contributed by atoms with Crippen molar-refractivity contribution >= 4 is 11.8 Å². The minimum absolute atomic E-state index is 0.0236. The zero-order chi connectivity index (χ0) is 13.4. The molecule has 0 saturated heterocycles. The standard InChI is InChI=1S/C14H20N2OS/c1-14(17,11-18-2)10-16-13(8-9-15)12-6-4-3-5-7-12/h3-7,13,16-17H,8,10-11H2,1-2H3. The summed E-state index contributed by atoms with van der Waals surface area (Å²) < 4.78 is 0. The van der Waals surface area contributed by atoms with Crippen LogP contribution in [0.5, 0.6) is 0 Å². The van der Waals surface area contributed by atoms with E-state index < -0.39 is 5.60 Å². The highest BCUT2D eigenvalue weighted by molar-refractivity contribution is 7.98. The number of benzene rings is 1. The lowest BCUT2D eigenvalue weighted by Crippen LogP contribution is -2.41. The van der Waals surface area contributed by atoms with E-state index in [9.17, 15) is 5.11 Å². The lowest BCUT2D eigenvalue weighted by Gasteiger charge is -2.26. The molecule has 2 N–H and O–H groups in total. The fourth-order valence-corrected chi connectivity index (χ4v) is 2.51. The molecule has 18 heavy (non-hydrogen) atoms. The molecular weight excluding hydrogens is 244 g/mol. The fraction of sp³-hybridized carbons (Fsp3) is 0.500. The molecule has 0 bridgehead atoms. The average molecular weight is 264 g/mol. The van der Waals surface area contributed by atoms with Crippen LogP contribution in [-0.2, 0) is 0 Å². The summed E-state index contributed by atoms with van der Waals surface area (Å²) in [6.07, 6.45) is 2.37. The van der Waals surface area contributed by atoms with Crippen molar-refractivity contribution in [2.75, 3.05) is 18.6 Å².